The van der Waals surface area contributed by atoms with Crippen LogP contribution in [0.4, 0.5) is 11.4 Å². The molecule has 1 aromatic heterocycles. The fourth-order valence-electron chi connectivity index (χ4n) is 4.98. The van der Waals surface area contributed by atoms with Crippen LogP contribution in [0.25, 0.3) is 21.8 Å². The third-order valence-corrected chi connectivity index (χ3v) is 6.86. The van der Waals surface area contributed by atoms with Gasteiger partial charge in [0, 0.05) is 49.7 Å². The number of aromatic nitrogens is 2. The Morgan fingerprint density at radius 3 is 2.06 bits per heavy atom. The van der Waals surface area contributed by atoms with Crippen LogP contribution >= 0.6 is 0 Å². The average Bonchev–Trinajstić information content (AvgIpc) is 3.10. The first kappa shape index (κ1) is 19.8. The van der Waals surface area contributed by atoms with Crippen molar-refractivity contribution in [3.8, 4) is 0 Å². The molecular weight excluding hydrogens is 418 g/mol. The highest BCUT2D eigenvalue weighted by molar-refractivity contribution is 6.36. The number of aromatic amines is 1. The van der Waals surface area contributed by atoms with E-state index in [-0.39, 0.29) is 17.5 Å². The summed E-state index contributed by atoms with van der Waals surface area (Å²) in [5.74, 6) is -0.695. The van der Waals surface area contributed by atoms with Crippen molar-refractivity contribution in [2.75, 3.05) is 43.0 Å². The lowest BCUT2D eigenvalue weighted by Gasteiger charge is -2.37. The van der Waals surface area contributed by atoms with E-state index >= 15 is 0 Å². The number of carbonyl (C=O) groups is 2. The summed E-state index contributed by atoms with van der Waals surface area (Å²) in [5, 5.41) is 1.57. The molecule has 8 nitrogen and oxygen atoms in total. The molecule has 166 valence electrons. The molecule has 0 saturated carbocycles. The van der Waals surface area contributed by atoms with Gasteiger partial charge in [-0.25, -0.2) is 9.69 Å². The van der Waals surface area contributed by atoms with Gasteiger partial charge in [-0.3, -0.25) is 14.2 Å². The summed E-state index contributed by atoms with van der Waals surface area (Å²) < 4.78 is 1.50. The third-order valence-electron chi connectivity index (χ3n) is 6.86. The Hall–Kier alpha value is -3.91. The van der Waals surface area contributed by atoms with Crippen molar-refractivity contribution in [2.45, 2.75) is 0 Å². The van der Waals surface area contributed by atoms with Crippen LogP contribution in [0, 0.1) is 0 Å². The van der Waals surface area contributed by atoms with Crippen LogP contribution in [0.5, 0.6) is 0 Å². The number of piperazine rings is 1. The Morgan fingerprint density at radius 1 is 0.788 bits per heavy atom. The summed E-state index contributed by atoms with van der Waals surface area (Å²) in [6.45, 7) is 3.25. The molecule has 2 aliphatic heterocycles. The van der Waals surface area contributed by atoms with Crippen LogP contribution in [0.3, 0.4) is 0 Å². The number of nitrogens with zero attached hydrogens (tertiary/aromatic N) is 4. The highest BCUT2D eigenvalue weighted by Gasteiger charge is 2.36. The maximum absolute atomic E-state index is 13.7. The van der Waals surface area contributed by atoms with Crippen LogP contribution in [0.1, 0.15) is 20.7 Å². The second-order valence-electron chi connectivity index (χ2n) is 8.79. The Labute approximate surface area is 189 Å². The molecule has 3 heterocycles. The van der Waals surface area contributed by atoms with Crippen LogP contribution in [-0.2, 0) is 7.05 Å². The number of benzene rings is 3. The van der Waals surface area contributed by atoms with Gasteiger partial charge in [-0.1, -0.05) is 24.3 Å². The summed E-state index contributed by atoms with van der Waals surface area (Å²) >= 11 is 0. The van der Waals surface area contributed by atoms with Crippen LogP contribution < -0.4 is 15.5 Å². The number of anilines is 2. The second kappa shape index (κ2) is 7.05. The summed E-state index contributed by atoms with van der Waals surface area (Å²) in [7, 11) is 3.75. The van der Waals surface area contributed by atoms with Crippen LogP contribution in [-0.4, -0.2) is 59.5 Å². The number of imidazole rings is 1. The van der Waals surface area contributed by atoms with Crippen LogP contribution in [0.15, 0.2) is 53.3 Å². The van der Waals surface area contributed by atoms with Gasteiger partial charge in [-0.05, 0) is 36.7 Å². The molecule has 1 saturated heterocycles. The number of aryl methyl sites for hydroxylation is 1. The van der Waals surface area contributed by atoms with E-state index in [1.165, 1.54) is 9.47 Å². The first-order chi connectivity index (χ1) is 15.9. The molecule has 0 unspecified atom stereocenters. The normalized spacial score (nSPS) is 16.9. The Balaban J connectivity index is 1.59. The molecule has 1 fully saturated rings. The second-order valence-corrected chi connectivity index (χ2v) is 8.79. The van der Waals surface area contributed by atoms with Gasteiger partial charge in [0.25, 0.3) is 11.8 Å². The van der Waals surface area contributed by atoms with Crippen molar-refractivity contribution < 1.29 is 9.59 Å². The van der Waals surface area contributed by atoms with E-state index in [2.05, 4.69) is 21.8 Å². The zero-order valence-electron chi connectivity index (χ0n) is 18.5. The van der Waals surface area contributed by atoms with E-state index < -0.39 is 0 Å². The molecule has 0 radical (unpaired) electrons. The van der Waals surface area contributed by atoms with Crippen molar-refractivity contribution >= 4 is 45.0 Å². The van der Waals surface area contributed by atoms with Gasteiger partial charge in [0.2, 0.25) is 0 Å². The largest absolute Gasteiger partial charge is 0.367 e. The lowest BCUT2D eigenvalue weighted by molar-refractivity contribution is 0.0893. The summed E-state index contributed by atoms with van der Waals surface area (Å²) in [6, 6.07) is 14.7. The highest BCUT2D eigenvalue weighted by atomic mass is 16.2. The maximum Gasteiger partial charge on any atom is 0.326 e. The SMILES string of the molecule is CN1CCN(c2cc3[nH]c(=O)n(C)c3cc2N2C(=O)c3cccc4cccc(c34)C2=O)CC1. The van der Waals surface area contributed by atoms with E-state index in [0.717, 1.165) is 37.3 Å². The number of imide groups is 1. The average molecular weight is 441 g/mol. The first-order valence-corrected chi connectivity index (χ1v) is 11.0. The Kier molecular flexibility index (Phi) is 4.22. The van der Waals surface area contributed by atoms with Crippen molar-refractivity contribution in [3.05, 3.63) is 70.1 Å². The Morgan fingerprint density at radius 2 is 1.42 bits per heavy atom. The van der Waals surface area contributed by atoms with Gasteiger partial charge in [-0.15, -0.1) is 0 Å². The fourth-order valence-corrected chi connectivity index (χ4v) is 4.98. The quantitative estimate of drug-likeness (QED) is 0.484. The van der Waals surface area contributed by atoms with Crippen LogP contribution in [0.2, 0.25) is 0 Å². The number of fused-ring (bicyclic) bond motifs is 1. The minimum Gasteiger partial charge on any atom is -0.367 e. The molecule has 8 heteroatoms. The summed E-state index contributed by atoms with van der Waals surface area (Å²) in [4.78, 5) is 48.4. The number of rotatable bonds is 2. The predicted molar refractivity (Wildman–Crippen MR) is 128 cm³/mol. The van der Waals surface area contributed by atoms with Gasteiger partial charge >= 0.3 is 5.69 Å². The zero-order valence-corrected chi connectivity index (χ0v) is 18.5. The number of carbonyl (C=O) groups excluding carboxylic acids is 2. The molecule has 2 amide bonds. The van der Waals surface area contributed by atoms with E-state index in [9.17, 15) is 14.4 Å². The molecule has 3 aromatic carbocycles. The van der Waals surface area contributed by atoms with Gasteiger partial charge in [0.1, 0.15) is 0 Å². The Bertz CT molecular complexity index is 1470. The summed E-state index contributed by atoms with van der Waals surface area (Å²) in [5.41, 5.74) is 3.38. The predicted octanol–water partition coefficient (Wildman–Crippen LogP) is 2.57. The molecule has 2 aliphatic rings. The number of hydrogen-bond acceptors (Lipinski definition) is 5. The number of likely N-dealkylation sites (N-methyl/N-ethyl adjacent to an activating group) is 1. The van der Waals surface area contributed by atoms with Crippen molar-refractivity contribution in [2.24, 2.45) is 7.05 Å². The molecule has 6 rings (SSSR count). The van der Waals surface area contributed by atoms with E-state index in [1.54, 1.807) is 25.2 Å². The molecule has 4 aromatic rings. The number of hydrogen-bond donors (Lipinski definition) is 1. The number of H-pyrrole nitrogens is 1. The molecule has 0 bridgehead atoms. The first-order valence-electron chi connectivity index (χ1n) is 11.0. The molecule has 0 atom stereocenters. The topological polar surface area (TPSA) is 81.7 Å². The standard InChI is InChI=1S/C25H23N5O3/c1-27-9-11-29(12-10-27)20-13-18-19(28(2)25(33)26-18)14-21(20)30-23(31)16-7-3-5-15-6-4-8-17(22(15)16)24(30)32/h3-8,13-14H,9-12H2,1-2H3,(H,26,33). The van der Waals surface area contributed by atoms with Gasteiger partial charge in [0.15, 0.2) is 0 Å². The number of nitrogens with one attached hydrogen (secondary N) is 1. The van der Waals surface area contributed by atoms with Gasteiger partial charge < -0.3 is 14.8 Å². The molecule has 33 heavy (non-hydrogen) atoms. The number of amides is 2. The van der Waals surface area contributed by atoms with E-state index in [0.29, 0.717) is 33.2 Å². The van der Waals surface area contributed by atoms with Crippen molar-refractivity contribution in [3.63, 3.8) is 0 Å². The smallest absolute Gasteiger partial charge is 0.326 e. The molecule has 0 aliphatic carbocycles. The summed E-state index contributed by atoms with van der Waals surface area (Å²) in [6.07, 6.45) is 0. The molecule has 1 N–H and O–H groups in total. The van der Waals surface area contributed by atoms with E-state index in [4.69, 9.17) is 0 Å². The maximum atomic E-state index is 13.7. The fraction of sp³-hybridized carbons (Fsp3) is 0.240. The van der Waals surface area contributed by atoms with Crippen molar-refractivity contribution in [1.82, 2.24) is 14.5 Å². The zero-order chi connectivity index (χ0) is 22.9. The minimum absolute atomic E-state index is 0.238. The molecule has 0 spiro atoms. The third kappa shape index (κ3) is 2.84. The monoisotopic (exact) mass is 441 g/mol. The molecular formula is C25H23N5O3. The van der Waals surface area contributed by atoms with Crippen molar-refractivity contribution in [1.29, 1.82) is 0 Å². The minimum atomic E-state index is -0.348. The lowest BCUT2D eigenvalue weighted by Crippen LogP contribution is -2.46. The lowest BCUT2D eigenvalue weighted by atomic mass is 9.93. The van der Waals surface area contributed by atoms with Gasteiger partial charge in [0.05, 0.1) is 22.4 Å². The highest BCUT2D eigenvalue weighted by Crippen LogP contribution is 2.39. The van der Waals surface area contributed by atoms with E-state index in [1.807, 2.05) is 30.3 Å². The van der Waals surface area contributed by atoms with Gasteiger partial charge in [-0.2, -0.15) is 0 Å².